The molecule has 68 valence electrons. The van der Waals surface area contributed by atoms with E-state index in [1.165, 1.54) is 0 Å². The van der Waals surface area contributed by atoms with Gasteiger partial charge in [0.2, 0.25) is 0 Å². The number of anilines is 1. The van der Waals surface area contributed by atoms with Crippen molar-refractivity contribution < 1.29 is 4.79 Å². The summed E-state index contributed by atoms with van der Waals surface area (Å²) in [6.45, 7) is 1.39. The molecule has 13 heavy (non-hydrogen) atoms. The van der Waals surface area contributed by atoms with Crippen LogP contribution in [-0.4, -0.2) is 29.1 Å². The summed E-state index contributed by atoms with van der Waals surface area (Å²) in [6.07, 6.45) is 3.27. The van der Waals surface area contributed by atoms with Crippen molar-refractivity contribution in [3.05, 3.63) is 18.3 Å². The van der Waals surface area contributed by atoms with Crippen LogP contribution in [-0.2, 0) is 4.79 Å². The van der Waals surface area contributed by atoms with Gasteiger partial charge in [-0.05, 0) is 18.6 Å². The second-order valence-electron chi connectivity index (χ2n) is 3.15. The summed E-state index contributed by atoms with van der Waals surface area (Å²) >= 11 is 0. The molecule has 1 aliphatic rings. The molecule has 1 aromatic rings. The van der Waals surface area contributed by atoms with E-state index in [0.29, 0.717) is 13.0 Å². The molecule has 2 rings (SSSR count). The average Bonchev–Trinajstić information content (AvgIpc) is 2.19. The van der Waals surface area contributed by atoms with Gasteiger partial charge >= 0.3 is 0 Å². The Kier molecular flexibility index (Phi) is 2.21. The van der Waals surface area contributed by atoms with Crippen molar-refractivity contribution in [3.63, 3.8) is 0 Å². The van der Waals surface area contributed by atoms with E-state index in [0.717, 1.165) is 18.8 Å². The highest BCUT2D eigenvalue weighted by atomic mass is 16.1. The normalized spacial score (nSPS) is 17.5. The van der Waals surface area contributed by atoms with Gasteiger partial charge in [-0.2, -0.15) is 5.10 Å². The number of rotatable bonds is 1. The van der Waals surface area contributed by atoms with Gasteiger partial charge in [-0.1, -0.05) is 0 Å². The van der Waals surface area contributed by atoms with E-state index in [1.54, 1.807) is 6.20 Å². The fraction of sp³-hybridized carbons (Fsp3) is 0.444. The standard InChI is InChI=1S/C9H11N3O/c13-8-3-2-6-12(7-8)9-4-1-5-10-11-9/h1,4-5H,2-3,6-7H2. The van der Waals surface area contributed by atoms with Crippen LogP contribution in [0.15, 0.2) is 18.3 Å². The lowest BCUT2D eigenvalue weighted by molar-refractivity contribution is -0.118. The van der Waals surface area contributed by atoms with Gasteiger partial charge in [-0.3, -0.25) is 4.79 Å². The lowest BCUT2D eigenvalue weighted by Gasteiger charge is -2.25. The Balaban J connectivity index is 2.13. The predicted molar refractivity (Wildman–Crippen MR) is 48.5 cm³/mol. The highest BCUT2D eigenvalue weighted by molar-refractivity contribution is 5.84. The van der Waals surface area contributed by atoms with E-state index in [9.17, 15) is 4.79 Å². The molecule has 0 amide bonds. The van der Waals surface area contributed by atoms with Crippen LogP contribution < -0.4 is 4.90 Å². The third-order valence-corrected chi connectivity index (χ3v) is 2.13. The Bertz CT molecular complexity index is 299. The molecule has 1 aromatic heterocycles. The van der Waals surface area contributed by atoms with Crippen molar-refractivity contribution >= 4 is 11.6 Å². The minimum atomic E-state index is 0.289. The third-order valence-electron chi connectivity index (χ3n) is 2.13. The zero-order valence-corrected chi connectivity index (χ0v) is 7.31. The minimum Gasteiger partial charge on any atom is -0.348 e. The second-order valence-corrected chi connectivity index (χ2v) is 3.15. The Hall–Kier alpha value is -1.45. The SMILES string of the molecule is O=C1CCCN(c2cccnn2)C1. The number of Topliss-reactive ketones (excluding diaryl/α,β-unsaturated/α-hetero) is 1. The maximum Gasteiger partial charge on any atom is 0.152 e. The number of nitrogens with zero attached hydrogens (tertiary/aromatic N) is 3. The van der Waals surface area contributed by atoms with E-state index in [-0.39, 0.29) is 5.78 Å². The fourth-order valence-electron chi connectivity index (χ4n) is 1.50. The first-order valence-corrected chi connectivity index (χ1v) is 4.40. The molecule has 4 heteroatoms. The number of aromatic nitrogens is 2. The molecule has 1 fully saturated rings. The molecule has 0 N–H and O–H groups in total. The molecule has 2 heterocycles. The molecular formula is C9H11N3O. The number of piperidine rings is 1. The summed E-state index contributed by atoms with van der Waals surface area (Å²) in [5, 5.41) is 7.74. The molecule has 1 saturated heterocycles. The van der Waals surface area contributed by atoms with Gasteiger partial charge < -0.3 is 4.90 Å². The van der Waals surface area contributed by atoms with Gasteiger partial charge in [0.1, 0.15) is 0 Å². The first-order chi connectivity index (χ1) is 6.36. The summed E-state index contributed by atoms with van der Waals surface area (Å²) in [5.41, 5.74) is 0. The first-order valence-electron chi connectivity index (χ1n) is 4.40. The van der Waals surface area contributed by atoms with E-state index < -0.39 is 0 Å². The molecule has 0 radical (unpaired) electrons. The molecule has 0 atom stereocenters. The largest absolute Gasteiger partial charge is 0.348 e. The molecule has 0 unspecified atom stereocenters. The first kappa shape index (κ1) is 8.16. The number of carbonyl (C=O) groups excluding carboxylic acids is 1. The molecule has 0 aromatic carbocycles. The summed E-state index contributed by atoms with van der Waals surface area (Å²) in [6, 6.07) is 3.72. The minimum absolute atomic E-state index is 0.289. The quantitative estimate of drug-likeness (QED) is 0.631. The number of hydrogen-bond donors (Lipinski definition) is 0. The lowest BCUT2D eigenvalue weighted by atomic mass is 10.1. The summed E-state index contributed by atoms with van der Waals surface area (Å²) in [7, 11) is 0. The monoisotopic (exact) mass is 177 g/mol. The van der Waals surface area contributed by atoms with Crippen LogP contribution in [0.4, 0.5) is 5.82 Å². The highest BCUT2D eigenvalue weighted by Crippen LogP contribution is 2.13. The van der Waals surface area contributed by atoms with Crippen LogP contribution >= 0.6 is 0 Å². The second kappa shape index (κ2) is 3.51. The fourth-order valence-corrected chi connectivity index (χ4v) is 1.50. The molecule has 1 aliphatic heterocycles. The Morgan fingerprint density at radius 3 is 3.08 bits per heavy atom. The van der Waals surface area contributed by atoms with Crippen LogP contribution in [0, 0.1) is 0 Å². The van der Waals surface area contributed by atoms with Crippen molar-refractivity contribution in [1.82, 2.24) is 10.2 Å². The molecule has 0 spiro atoms. The number of hydrogen-bond acceptors (Lipinski definition) is 4. The van der Waals surface area contributed by atoms with Gasteiger partial charge in [-0.25, -0.2) is 0 Å². The topological polar surface area (TPSA) is 46.1 Å². The van der Waals surface area contributed by atoms with Crippen molar-refractivity contribution in [1.29, 1.82) is 0 Å². The van der Waals surface area contributed by atoms with E-state index >= 15 is 0 Å². The zero-order chi connectivity index (χ0) is 9.10. The Morgan fingerprint density at radius 1 is 1.46 bits per heavy atom. The van der Waals surface area contributed by atoms with Crippen LogP contribution in [0.2, 0.25) is 0 Å². The predicted octanol–water partition coefficient (Wildman–Crippen LogP) is 0.646. The van der Waals surface area contributed by atoms with Gasteiger partial charge in [0.15, 0.2) is 11.6 Å². The third kappa shape index (κ3) is 1.83. The highest BCUT2D eigenvalue weighted by Gasteiger charge is 2.17. The van der Waals surface area contributed by atoms with E-state index in [2.05, 4.69) is 10.2 Å². The zero-order valence-electron chi connectivity index (χ0n) is 7.31. The maximum atomic E-state index is 11.2. The van der Waals surface area contributed by atoms with Crippen LogP contribution in [0.5, 0.6) is 0 Å². The van der Waals surface area contributed by atoms with Crippen molar-refractivity contribution in [2.24, 2.45) is 0 Å². The van der Waals surface area contributed by atoms with Gasteiger partial charge in [0.25, 0.3) is 0 Å². The van der Waals surface area contributed by atoms with E-state index in [1.807, 2.05) is 17.0 Å². The summed E-state index contributed by atoms with van der Waals surface area (Å²) < 4.78 is 0. The van der Waals surface area contributed by atoms with Crippen molar-refractivity contribution in [2.45, 2.75) is 12.8 Å². The van der Waals surface area contributed by atoms with Crippen LogP contribution in [0.25, 0.3) is 0 Å². The van der Waals surface area contributed by atoms with Gasteiger partial charge in [0.05, 0.1) is 6.54 Å². The average molecular weight is 177 g/mol. The Morgan fingerprint density at radius 2 is 2.38 bits per heavy atom. The Labute approximate surface area is 76.6 Å². The molecule has 0 aliphatic carbocycles. The van der Waals surface area contributed by atoms with Crippen molar-refractivity contribution in [3.8, 4) is 0 Å². The molecule has 4 nitrogen and oxygen atoms in total. The number of carbonyl (C=O) groups is 1. The molecule has 0 bridgehead atoms. The van der Waals surface area contributed by atoms with E-state index in [4.69, 9.17) is 0 Å². The molecular weight excluding hydrogens is 166 g/mol. The summed E-state index contributed by atoms with van der Waals surface area (Å²) in [4.78, 5) is 13.1. The van der Waals surface area contributed by atoms with Crippen molar-refractivity contribution in [2.75, 3.05) is 18.0 Å². The number of ketones is 1. The smallest absolute Gasteiger partial charge is 0.152 e. The van der Waals surface area contributed by atoms with Gasteiger partial charge in [0, 0.05) is 19.2 Å². The van der Waals surface area contributed by atoms with Gasteiger partial charge in [-0.15, -0.1) is 5.10 Å². The van der Waals surface area contributed by atoms with Crippen LogP contribution in [0.1, 0.15) is 12.8 Å². The molecule has 0 saturated carbocycles. The lowest BCUT2D eigenvalue weighted by Crippen LogP contribution is -2.36. The maximum absolute atomic E-state index is 11.2. The summed E-state index contributed by atoms with van der Waals surface area (Å²) in [5.74, 6) is 1.09. The van der Waals surface area contributed by atoms with Crippen LogP contribution in [0.3, 0.4) is 0 Å².